The molecule has 0 saturated carbocycles. The minimum Gasteiger partial charge on any atom is -0.467 e. The van der Waals surface area contributed by atoms with E-state index in [0.29, 0.717) is 5.82 Å². The van der Waals surface area contributed by atoms with Crippen molar-refractivity contribution < 1.29 is 14.6 Å². The van der Waals surface area contributed by atoms with Crippen LogP contribution in [-0.4, -0.2) is 40.8 Å². The van der Waals surface area contributed by atoms with Gasteiger partial charge in [-0.25, -0.2) is 14.8 Å². The molecule has 1 heterocycles. The molecule has 0 aliphatic rings. The van der Waals surface area contributed by atoms with E-state index < -0.39 is 12.0 Å². The number of nitrogens with zero attached hydrogens (tertiary/aromatic N) is 2. The zero-order chi connectivity index (χ0) is 12.7. The summed E-state index contributed by atoms with van der Waals surface area (Å²) in [5, 5.41) is 11.9. The molecule has 1 aromatic rings. The molecule has 0 bridgehead atoms. The van der Waals surface area contributed by atoms with E-state index in [1.807, 2.05) is 0 Å². The summed E-state index contributed by atoms with van der Waals surface area (Å²) in [7, 11) is 1.27. The van der Waals surface area contributed by atoms with Gasteiger partial charge in [-0.1, -0.05) is 13.3 Å². The highest BCUT2D eigenvalue weighted by molar-refractivity contribution is 5.78. The molecule has 17 heavy (non-hydrogen) atoms. The van der Waals surface area contributed by atoms with Crippen molar-refractivity contribution in [1.29, 1.82) is 0 Å². The van der Waals surface area contributed by atoms with Crippen LogP contribution in [0.3, 0.4) is 0 Å². The molecule has 0 saturated heterocycles. The van der Waals surface area contributed by atoms with Gasteiger partial charge in [0.1, 0.15) is 18.2 Å². The van der Waals surface area contributed by atoms with Crippen molar-refractivity contribution in [3.8, 4) is 0 Å². The van der Waals surface area contributed by atoms with Gasteiger partial charge < -0.3 is 15.2 Å². The van der Waals surface area contributed by atoms with Gasteiger partial charge in [0.2, 0.25) is 0 Å². The maximum absolute atomic E-state index is 11.3. The first-order chi connectivity index (χ1) is 8.21. The Morgan fingerprint density at radius 3 is 2.94 bits per heavy atom. The molecule has 0 aliphatic carbocycles. The Hall–Kier alpha value is -1.69. The number of nitrogens with one attached hydrogen (secondary N) is 1. The summed E-state index contributed by atoms with van der Waals surface area (Å²) in [6, 6.07) is 0.958. The first-order valence-corrected chi connectivity index (χ1v) is 5.47. The van der Waals surface area contributed by atoms with Gasteiger partial charge in [-0.3, -0.25) is 0 Å². The SMILES string of the molecule is CCCc1cc(NC(CO)C(=O)OC)ncn1. The monoisotopic (exact) mass is 239 g/mol. The largest absolute Gasteiger partial charge is 0.467 e. The van der Waals surface area contributed by atoms with Crippen LogP contribution in [0.5, 0.6) is 0 Å². The van der Waals surface area contributed by atoms with E-state index >= 15 is 0 Å². The summed E-state index contributed by atoms with van der Waals surface area (Å²) in [5.74, 6) is -0.0175. The molecule has 0 fully saturated rings. The molecular formula is C11H17N3O3. The van der Waals surface area contributed by atoms with Crippen LogP contribution < -0.4 is 5.32 Å². The second-order valence-electron chi connectivity index (χ2n) is 3.55. The van der Waals surface area contributed by atoms with E-state index in [9.17, 15) is 4.79 Å². The molecule has 1 atom stereocenters. The fourth-order valence-corrected chi connectivity index (χ4v) is 1.37. The van der Waals surface area contributed by atoms with E-state index in [1.54, 1.807) is 6.07 Å². The zero-order valence-electron chi connectivity index (χ0n) is 10.0. The number of rotatable bonds is 6. The minimum absolute atomic E-state index is 0.347. The molecule has 0 amide bonds. The average molecular weight is 239 g/mol. The van der Waals surface area contributed by atoms with Gasteiger partial charge in [0.15, 0.2) is 0 Å². The van der Waals surface area contributed by atoms with E-state index in [4.69, 9.17) is 5.11 Å². The van der Waals surface area contributed by atoms with Crippen molar-refractivity contribution in [2.24, 2.45) is 0 Å². The summed E-state index contributed by atoms with van der Waals surface area (Å²) < 4.78 is 4.55. The average Bonchev–Trinajstić information content (AvgIpc) is 2.36. The molecule has 0 spiro atoms. The van der Waals surface area contributed by atoms with Gasteiger partial charge in [0, 0.05) is 11.8 Å². The number of anilines is 1. The van der Waals surface area contributed by atoms with Crippen LogP contribution in [0.1, 0.15) is 19.0 Å². The van der Waals surface area contributed by atoms with Gasteiger partial charge in [-0.05, 0) is 6.42 Å². The highest BCUT2D eigenvalue weighted by Crippen LogP contribution is 2.08. The summed E-state index contributed by atoms with van der Waals surface area (Å²) in [4.78, 5) is 19.4. The number of carbonyl (C=O) groups excluding carboxylic acids is 1. The number of hydrogen-bond donors (Lipinski definition) is 2. The number of carbonyl (C=O) groups is 1. The van der Waals surface area contributed by atoms with Crippen molar-refractivity contribution in [3.63, 3.8) is 0 Å². The number of aromatic nitrogens is 2. The minimum atomic E-state index is -0.802. The standard InChI is InChI=1S/C11H17N3O3/c1-3-4-8-5-10(13-7-12-8)14-9(6-15)11(16)17-2/h5,7,9,15H,3-4,6H2,1-2H3,(H,12,13,14). The van der Waals surface area contributed by atoms with Crippen LogP contribution in [0, 0.1) is 0 Å². The molecule has 6 heteroatoms. The Balaban J connectivity index is 2.72. The van der Waals surface area contributed by atoms with Crippen LogP contribution >= 0.6 is 0 Å². The fraction of sp³-hybridized carbons (Fsp3) is 0.545. The normalized spacial score (nSPS) is 11.9. The van der Waals surface area contributed by atoms with Crippen molar-refractivity contribution in [2.45, 2.75) is 25.8 Å². The molecule has 0 aliphatic heterocycles. The Labute approximate surface area is 100 Å². The zero-order valence-corrected chi connectivity index (χ0v) is 10.0. The maximum Gasteiger partial charge on any atom is 0.330 e. The third-order valence-electron chi connectivity index (χ3n) is 2.22. The molecule has 1 aromatic heterocycles. The third kappa shape index (κ3) is 3.99. The van der Waals surface area contributed by atoms with Crippen molar-refractivity contribution in [2.75, 3.05) is 19.0 Å². The topological polar surface area (TPSA) is 84.3 Å². The lowest BCUT2D eigenvalue weighted by Gasteiger charge is -2.14. The highest BCUT2D eigenvalue weighted by Gasteiger charge is 2.18. The summed E-state index contributed by atoms with van der Waals surface area (Å²) in [6.07, 6.45) is 3.26. The first kappa shape index (κ1) is 13.4. The van der Waals surface area contributed by atoms with E-state index in [-0.39, 0.29) is 6.61 Å². The predicted molar refractivity (Wildman–Crippen MR) is 62.5 cm³/mol. The van der Waals surface area contributed by atoms with Gasteiger partial charge in [0.05, 0.1) is 13.7 Å². The molecular weight excluding hydrogens is 222 g/mol. The quantitative estimate of drug-likeness (QED) is 0.698. The lowest BCUT2D eigenvalue weighted by molar-refractivity contribution is -0.142. The Kier molecular flexibility index (Phi) is 5.35. The van der Waals surface area contributed by atoms with Crippen molar-refractivity contribution in [3.05, 3.63) is 18.1 Å². The van der Waals surface area contributed by atoms with E-state index in [0.717, 1.165) is 18.5 Å². The lowest BCUT2D eigenvalue weighted by atomic mass is 10.2. The van der Waals surface area contributed by atoms with Crippen LogP contribution in [-0.2, 0) is 16.0 Å². The number of methoxy groups -OCH3 is 1. The number of esters is 1. The summed E-state index contributed by atoms with van der Waals surface area (Å²) >= 11 is 0. The molecule has 1 rings (SSSR count). The Morgan fingerprint density at radius 1 is 1.59 bits per heavy atom. The number of ether oxygens (including phenoxy) is 1. The van der Waals surface area contributed by atoms with Crippen LogP contribution in [0.15, 0.2) is 12.4 Å². The summed E-state index contributed by atoms with van der Waals surface area (Å²) in [5.41, 5.74) is 0.895. The number of aryl methyl sites for hydroxylation is 1. The lowest BCUT2D eigenvalue weighted by Crippen LogP contribution is -2.34. The van der Waals surface area contributed by atoms with E-state index in [1.165, 1.54) is 13.4 Å². The molecule has 1 unspecified atom stereocenters. The van der Waals surface area contributed by atoms with Gasteiger partial charge in [-0.2, -0.15) is 0 Å². The molecule has 94 valence electrons. The smallest absolute Gasteiger partial charge is 0.330 e. The third-order valence-corrected chi connectivity index (χ3v) is 2.22. The van der Waals surface area contributed by atoms with Crippen LogP contribution in [0.25, 0.3) is 0 Å². The van der Waals surface area contributed by atoms with Crippen LogP contribution in [0.4, 0.5) is 5.82 Å². The number of hydrogen-bond acceptors (Lipinski definition) is 6. The molecule has 2 N–H and O–H groups in total. The molecule has 0 radical (unpaired) electrons. The number of aliphatic hydroxyl groups excluding tert-OH is 1. The predicted octanol–water partition coefficient (Wildman–Crippen LogP) is 0.375. The van der Waals surface area contributed by atoms with Crippen molar-refractivity contribution >= 4 is 11.8 Å². The highest BCUT2D eigenvalue weighted by atomic mass is 16.5. The number of aliphatic hydroxyl groups is 1. The van der Waals surface area contributed by atoms with Gasteiger partial charge in [-0.15, -0.1) is 0 Å². The van der Waals surface area contributed by atoms with Crippen molar-refractivity contribution in [1.82, 2.24) is 9.97 Å². The maximum atomic E-state index is 11.3. The molecule has 6 nitrogen and oxygen atoms in total. The van der Waals surface area contributed by atoms with Gasteiger partial charge in [0.25, 0.3) is 0 Å². The Bertz CT molecular complexity index is 371. The second kappa shape index (κ2) is 6.80. The molecule has 0 aromatic carbocycles. The first-order valence-electron chi connectivity index (χ1n) is 5.47. The Morgan fingerprint density at radius 2 is 2.35 bits per heavy atom. The van der Waals surface area contributed by atoms with E-state index in [2.05, 4.69) is 26.9 Å². The van der Waals surface area contributed by atoms with Crippen LogP contribution in [0.2, 0.25) is 0 Å². The summed E-state index contributed by atoms with van der Waals surface area (Å²) in [6.45, 7) is 1.71. The van der Waals surface area contributed by atoms with Gasteiger partial charge >= 0.3 is 5.97 Å². The second-order valence-corrected chi connectivity index (χ2v) is 3.55. The fourth-order valence-electron chi connectivity index (χ4n) is 1.37.